The lowest BCUT2D eigenvalue weighted by molar-refractivity contribution is 0.0992. The molecular formula is C20H26N2O3S. The molecule has 0 fully saturated rings. The van der Waals surface area contributed by atoms with Gasteiger partial charge < -0.3 is 4.90 Å². The summed E-state index contributed by atoms with van der Waals surface area (Å²) >= 11 is 0. The molecule has 0 aliphatic heterocycles. The van der Waals surface area contributed by atoms with Crippen LogP contribution in [-0.4, -0.2) is 39.8 Å². The first kappa shape index (κ1) is 20.1. The van der Waals surface area contributed by atoms with E-state index in [-0.39, 0.29) is 10.8 Å². The third kappa shape index (κ3) is 3.66. The third-order valence-electron chi connectivity index (χ3n) is 4.66. The largest absolute Gasteiger partial charge is 0.311 e. The number of sulfonamides is 1. The van der Waals surface area contributed by atoms with Crippen molar-refractivity contribution in [3.05, 3.63) is 58.1 Å². The number of hydrogen-bond donors (Lipinski definition) is 0. The number of hydrogen-bond acceptors (Lipinski definition) is 3. The fraction of sp³-hybridized carbons (Fsp3) is 0.350. The molecule has 1 amide bonds. The maximum absolute atomic E-state index is 13.0. The van der Waals surface area contributed by atoms with Gasteiger partial charge in [0.05, 0.1) is 4.90 Å². The summed E-state index contributed by atoms with van der Waals surface area (Å²) in [4.78, 5) is 14.8. The van der Waals surface area contributed by atoms with E-state index in [4.69, 9.17) is 0 Å². The summed E-state index contributed by atoms with van der Waals surface area (Å²) in [5.74, 6) is -0.239. The molecule has 6 heteroatoms. The van der Waals surface area contributed by atoms with Crippen molar-refractivity contribution in [3.63, 3.8) is 0 Å². The predicted molar refractivity (Wildman–Crippen MR) is 105 cm³/mol. The highest BCUT2D eigenvalue weighted by Gasteiger charge is 2.24. The molecule has 0 N–H and O–H groups in total. The molecule has 0 aliphatic carbocycles. The average molecular weight is 375 g/mol. The van der Waals surface area contributed by atoms with Crippen LogP contribution in [0.15, 0.2) is 35.2 Å². The molecule has 0 spiro atoms. The van der Waals surface area contributed by atoms with Gasteiger partial charge in [-0.1, -0.05) is 12.1 Å². The fourth-order valence-electron chi connectivity index (χ4n) is 2.80. The molecule has 0 radical (unpaired) electrons. The van der Waals surface area contributed by atoms with Gasteiger partial charge in [-0.3, -0.25) is 4.79 Å². The van der Waals surface area contributed by atoms with Crippen molar-refractivity contribution in [3.8, 4) is 0 Å². The molecule has 0 aromatic heterocycles. The quantitative estimate of drug-likeness (QED) is 0.824. The van der Waals surface area contributed by atoms with Crippen LogP contribution < -0.4 is 4.90 Å². The first-order chi connectivity index (χ1) is 12.0. The van der Waals surface area contributed by atoms with Gasteiger partial charge in [-0.25, -0.2) is 12.7 Å². The van der Waals surface area contributed by atoms with Crippen LogP contribution in [0.5, 0.6) is 0 Å². The van der Waals surface area contributed by atoms with E-state index in [1.807, 2.05) is 39.0 Å². The minimum atomic E-state index is -3.63. The van der Waals surface area contributed by atoms with Crippen LogP contribution in [0.3, 0.4) is 0 Å². The summed E-state index contributed by atoms with van der Waals surface area (Å²) in [6, 6.07) is 9.13. The van der Waals surface area contributed by atoms with E-state index < -0.39 is 10.0 Å². The van der Waals surface area contributed by atoms with E-state index in [1.54, 1.807) is 24.9 Å². The van der Waals surface area contributed by atoms with Crippen molar-refractivity contribution in [1.29, 1.82) is 0 Å². The number of amides is 1. The van der Waals surface area contributed by atoms with Crippen LogP contribution in [0, 0.1) is 27.7 Å². The van der Waals surface area contributed by atoms with E-state index in [2.05, 4.69) is 0 Å². The Morgan fingerprint density at radius 3 is 2.08 bits per heavy atom. The highest BCUT2D eigenvalue weighted by atomic mass is 32.2. The second kappa shape index (κ2) is 7.21. The normalized spacial score (nSPS) is 11.7. The standard InChI is InChI=1S/C20H26N2O3S/c1-13-8-9-14(2)18(10-13)22(7)20(23)17-11-15(3)16(4)19(12-17)26(24,25)21(5)6/h8-12H,1-7H3. The molecule has 140 valence electrons. The fourth-order valence-corrected chi connectivity index (χ4v) is 4.02. The van der Waals surface area contributed by atoms with Crippen LogP contribution in [-0.2, 0) is 10.0 Å². The van der Waals surface area contributed by atoms with Crippen molar-refractivity contribution in [2.75, 3.05) is 26.0 Å². The first-order valence-electron chi connectivity index (χ1n) is 8.36. The third-order valence-corrected chi connectivity index (χ3v) is 6.60. The Labute approximate surface area is 156 Å². The number of carbonyl (C=O) groups excluding carboxylic acids is 1. The summed E-state index contributed by atoms with van der Waals surface area (Å²) in [6.07, 6.45) is 0. The maximum atomic E-state index is 13.0. The van der Waals surface area contributed by atoms with Gasteiger partial charge in [-0.2, -0.15) is 0 Å². The molecule has 0 saturated heterocycles. The van der Waals surface area contributed by atoms with Gasteiger partial charge in [0.2, 0.25) is 10.0 Å². The maximum Gasteiger partial charge on any atom is 0.258 e. The zero-order chi connectivity index (χ0) is 19.8. The SMILES string of the molecule is Cc1ccc(C)c(N(C)C(=O)c2cc(C)c(C)c(S(=O)(=O)N(C)C)c2)c1. The summed E-state index contributed by atoms with van der Waals surface area (Å²) < 4.78 is 26.4. The van der Waals surface area contributed by atoms with Crippen LogP contribution >= 0.6 is 0 Å². The van der Waals surface area contributed by atoms with Crippen LogP contribution in [0.2, 0.25) is 0 Å². The Hall–Kier alpha value is -2.18. The Bertz CT molecular complexity index is 963. The summed E-state index contributed by atoms with van der Waals surface area (Å²) in [6.45, 7) is 7.49. The molecule has 5 nitrogen and oxygen atoms in total. The number of benzene rings is 2. The van der Waals surface area contributed by atoms with Crippen molar-refractivity contribution < 1.29 is 13.2 Å². The zero-order valence-electron chi connectivity index (χ0n) is 16.4. The number of nitrogens with zero attached hydrogens (tertiary/aromatic N) is 2. The number of aryl methyl sites for hydroxylation is 3. The van der Waals surface area contributed by atoms with Gasteiger partial charge in [-0.15, -0.1) is 0 Å². The summed E-state index contributed by atoms with van der Waals surface area (Å²) in [5, 5.41) is 0. The van der Waals surface area contributed by atoms with E-state index in [0.717, 1.165) is 26.7 Å². The summed E-state index contributed by atoms with van der Waals surface area (Å²) in [7, 11) is 1.05. The van der Waals surface area contributed by atoms with Crippen molar-refractivity contribution in [2.24, 2.45) is 0 Å². The predicted octanol–water partition coefficient (Wildman–Crippen LogP) is 3.45. The van der Waals surface area contributed by atoms with E-state index in [9.17, 15) is 13.2 Å². The molecule has 0 unspecified atom stereocenters. The molecular weight excluding hydrogens is 348 g/mol. The smallest absolute Gasteiger partial charge is 0.258 e. The number of rotatable bonds is 4. The second-order valence-corrected chi connectivity index (χ2v) is 8.98. The second-order valence-electron chi connectivity index (χ2n) is 6.86. The van der Waals surface area contributed by atoms with E-state index in [1.165, 1.54) is 20.2 Å². The first-order valence-corrected chi connectivity index (χ1v) is 9.80. The van der Waals surface area contributed by atoms with Crippen LogP contribution in [0.1, 0.15) is 32.6 Å². The van der Waals surface area contributed by atoms with Crippen LogP contribution in [0.4, 0.5) is 5.69 Å². The Morgan fingerprint density at radius 1 is 0.885 bits per heavy atom. The summed E-state index contributed by atoms with van der Waals surface area (Å²) in [5.41, 5.74) is 4.63. The molecule has 0 bridgehead atoms. The monoisotopic (exact) mass is 374 g/mol. The molecule has 0 saturated carbocycles. The lowest BCUT2D eigenvalue weighted by Crippen LogP contribution is -2.28. The van der Waals surface area contributed by atoms with Crippen molar-refractivity contribution >= 4 is 21.6 Å². The molecule has 0 aliphatic rings. The highest BCUT2D eigenvalue weighted by molar-refractivity contribution is 7.89. The Balaban J connectivity index is 2.57. The highest BCUT2D eigenvalue weighted by Crippen LogP contribution is 2.26. The lowest BCUT2D eigenvalue weighted by Gasteiger charge is -2.22. The molecule has 2 aromatic carbocycles. The van der Waals surface area contributed by atoms with Gasteiger partial charge in [-0.05, 0) is 68.1 Å². The number of carbonyl (C=O) groups is 1. The molecule has 0 atom stereocenters. The molecule has 2 rings (SSSR count). The minimum absolute atomic E-state index is 0.167. The van der Waals surface area contributed by atoms with Crippen LogP contribution in [0.25, 0.3) is 0 Å². The van der Waals surface area contributed by atoms with Gasteiger partial charge >= 0.3 is 0 Å². The van der Waals surface area contributed by atoms with Crippen molar-refractivity contribution in [1.82, 2.24) is 4.31 Å². The molecule has 2 aromatic rings. The van der Waals surface area contributed by atoms with Gasteiger partial charge in [0.15, 0.2) is 0 Å². The molecule has 26 heavy (non-hydrogen) atoms. The lowest BCUT2D eigenvalue weighted by atomic mass is 10.0. The van der Waals surface area contributed by atoms with Gasteiger partial charge in [0.1, 0.15) is 0 Å². The zero-order valence-corrected chi connectivity index (χ0v) is 17.2. The average Bonchev–Trinajstić information content (AvgIpc) is 2.57. The Morgan fingerprint density at radius 2 is 1.50 bits per heavy atom. The van der Waals surface area contributed by atoms with E-state index >= 15 is 0 Å². The minimum Gasteiger partial charge on any atom is -0.311 e. The topological polar surface area (TPSA) is 57.7 Å². The number of anilines is 1. The van der Waals surface area contributed by atoms with E-state index in [0.29, 0.717) is 11.1 Å². The Kier molecular flexibility index (Phi) is 5.58. The molecule has 0 heterocycles. The van der Waals surface area contributed by atoms with Gasteiger partial charge in [0, 0.05) is 32.4 Å². The van der Waals surface area contributed by atoms with Gasteiger partial charge in [0.25, 0.3) is 5.91 Å². The van der Waals surface area contributed by atoms with Crippen molar-refractivity contribution in [2.45, 2.75) is 32.6 Å².